The van der Waals surface area contributed by atoms with E-state index < -0.39 is 21.9 Å². The van der Waals surface area contributed by atoms with Crippen LogP contribution in [0.4, 0.5) is 4.39 Å². The highest BCUT2D eigenvalue weighted by Crippen LogP contribution is 2.23. The molecule has 0 bridgehead atoms. The van der Waals surface area contributed by atoms with Crippen molar-refractivity contribution in [3.05, 3.63) is 29.0 Å². The molecule has 0 aromatic heterocycles. The van der Waals surface area contributed by atoms with Gasteiger partial charge in [0, 0.05) is 0 Å². The van der Waals surface area contributed by atoms with Crippen molar-refractivity contribution < 1.29 is 22.7 Å². The van der Waals surface area contributed by atoms with E-state index >= 15 is 0 Å². The minimum absolute atomic E-state index is 0.212. The minimum atomic E-state index is -3.91. The average molecular weight is 296 g/mol. The van der Waals surface area contributed by atoms with Crippen LogP contribution >= 0.6 is 11.6 Å². The molecule has 1 aliphatic rings. The smallest absolute Gasteiger partial charge is 0.242 e. The number of ether oxygens (including phenoxy) is 1. The summed E-state index contributed by atoms with van der Waals surface area (Å²) in [5.41, 5.74) is 0. The highest BCUT2D eigenvalue weighted by atomic mass is 35.5. The van der Waals surface area contributed by atoms with E-state index in [1.54, 1.807) is 0 Å². The number of sulfonamides is 1. The molecule has 2 N–H and O–H groups in total. The highest BCUT2D eigenvalue weighted by molar-refractivity contribution is 7.89. The second-order valence-electron chi connectivity index (χ2n) is 3.86. The van der Waals surface area contributed by atoms with E-state index in [1.807, 2.05) is 0 Å². The fraction of sp³-hybridized carbons (Fsp3) is 0.400. The standard InChI is InChI=1S/C10H11ClFNO4S/c11-7-3-6(12)1-2-10(7)18(15,16)13-8(4-14)9-5-17-9/h1-3,8-9,13-14H,4-5H2/t8-,9-/m0/s1. The Morgan fingerprint density at radius 3 is 2.78 bits per heavy atom. The molecule has 8 heteroatoms. The van der Waals surface area contributed by atoms with Crippen LogP contribution in [0, 0.1) is 5.82 Å². The van der Waals surface area contributed by atoms with Crippen LogP contribution in [0.3, 0.4) is 0 Å². The van der Waals surface area contributed by atoms with Gasteiger partial charge in [-0.15, -0.1) is 0 Å². The normalized spacial score (nSPS) is 20.7. The third-order valence-electron chi connectivity index (χ3n) is 2.49. The summed E-state index contributed by atoms with van der Waals surface area (Å²) in [4.78, 5) is -0.232. The van der Waals surface area contributed by atoms with Gasteiger partial charge < -0.3 is 9.84 Å². The number of aliphatic hydroxyl groups excluding tert-OH is 1. The molecule has 0 spiro atoms. The number of epoxide rings is 1. The molecule has 0 radical (unpaired) electrons. The van der Waals surface area contributed by atoms with Crippen molar-refractivity contribution in [1.29, 1.82) is 0 Å². The van der Waals surface area contributed by atoms with Crippen LogP contribution in [-0.4, -0.2) is 38.9 Å². The van der Waals surface area contributed by atoms with Crippen molar-refractivity contribution in [3.8, 4) is 0 Å². The van der Waals surface area contributed by atoms with Gasteiger partial charge in [0.25, 0.3) is 0 Å². The first-order chi connectivity index (χ1) is 8.44. The molecule has 0 saturated carbocycles. The number of aliphatic hydroxyl groups is 1. The number of rotatable bonds is 5. The molecular weight excluding hydrogens is 285 g/mol. The molecular formula is C10H11ClFNO4S. The summed E-state index contributed by atoms with van der Waals surface area (Å²) in [6, 6.07) is 2.26. The zero-order valence-electron chi connectivity index (χ0n) is 9.14. The third-order valence-corrected chi connectivity index (χ3v) is 4.47. The zero-order chi connectivity index (χ0) is 13.3. The van der Waals surface area contributed by atoms with Gasteiger partial charge in [-0.25, -0.2) is 17.5 Å². The lowest BCUT2D eigenvalue weighted by molar-refractivity contribution is 0.227. The lowest BCUT2D eigenvalue weighted by atomic mass is 10.2. The van der Waals surface area contributed by atoms with Gasteiger partial charge >= 0.3 is 0 Å². The van der Waals surface area contributed by atoms with Crippen molar-refractivity contribution >= 4 is 21.6 Å². The molecule has 100 valence electrons. The van der Waals surface area contributed by atoms with Gasteiger partial charge in [-0.05, 0) is 18.2 Å². The van der Waals surface area contributed by atoms with E-state index in [-0.39, 0.29) is 22.6 Å². The molecule has 2 atom stereocenters. The van der Waals surface area contributed by atoms with E-state index in [0.29, 0.717) is 6.61 Å². The zero-order valence-corrected chi connectivity index (χ0v) is 10.7. The minimum Gasteiger partial charge on any atom is -0.395 e. The summed E-state index contributed by atoms with van der Waals surface area (Å²) < 4.78 is 44.0. The summed E-state index contributed by atoms with van der Waals surface area (Å²) >= 11 is 5.68. The van der Waals surface area contributed by atoms with Crippen LogP contribution in [0.2, 0.25) is 5.02 Å². The summed E-state index contributed by atoms with van der Waals surface area (Å²) in [6.07, 6.45) is -0.330. The molecule has 1 aliphatic heterocycles. The molecule has 5 nitrogen and oxygen atoms in total. The first-order valence-corrected chi connectivity index (χ1v) is 7.00. The molecule has 0 aliphatic carbocycles. The number of halogens is 2. The van der Waals surface area contributed by atoms with Gasteiger partial charge in [-0.1, -0.05) is 11.6 Å². The predicted molar refractivity (Wildman–Crippen MR) is 62.3 cm³/mol. The number of nitrogens with one attached hydrogen (secondary N) is 1. The van der Waals surface area contributed by atoms with Crippen LogP contribution in [0.15, 0.2) is 23.1 Å². The van der Waals surface area contributed by atoms with Crippen LogP contribution < -0.4 is 4.72 Å². The lowest BCUT2D eigenvalue weighted by Crippen LogP contribution is -2.41. The topological polar surface area (TPSA) is 78.9 Å². The largest absolute Gasteiger partial charge is 0.395 e. The first-order valence-electron chi connectivity index (χ1n) is 5.14. The maximum atomic E-state index is 12.8. The van der Waals surface area contributed by atoms with Gasteiger partial charge in [0.2, 0.25) is 10.0 Å². The fourth-order valence-electron chi connectivity index (χ4n) is 1.47. The number of hydrogen-bond donors (Lipinski definition) is 2. The average Bonchev–Trinajstić information content (AvgIpc) is 3.09. The Hall–Kier alpha value is -0.730. The highest BCUT2D eigenvalue weighted by Gasteiger charge is 2.35. The maximum absolute atomic E-state index is 12.8. The Balaban J connectivity index is 2.24. The molecule has 1 saturated heterocycles. The Morgan fingerprint density at radius 1 is 1.61 bits per heavy atom. The summed E-state index contributed by atoms with van der Waals surface area (Å²) in [6.45, 7) is 0.00755. The SMILES string of the molecule is O=S(=O)(N[C@@H](CO)[C@@H]1CO1)c1ccc(F)cc1Cl. The quantitative estimate of drug-likeness (QED) is 0.776. The first kappa shape index (κ1) is 13.7. The summed E-state index contributed by atoms with van der Waals surface area (Å²) in [5, 5.41) is 8.85. The predicted octanol–water partition coefficient (Wildman–Crippen LogP) is 0.517. The number of benzene rings is 1. The Morgan fingerprint density at radius 2 is 2.28 bits per heavy atom. The molecule has 18 heavy (non-hydrogen) atoms. The van der Waals surface area contributed by atoms with E-state index in [2.05, 4.69) is 4.72 Å². The van der Waals surface area contributed by atoms with E-state index in [9.17, 15) is 12.8 Å². The van der Waals surface area contributed by atoms with Crippen LogP contribution in [-0.2, 0) is 14.8 Å². The molecule has 1 heterocycles. The van der Waals surface area contributed by atoms with Crippen LogP contribution in [0.1, 0.15) is 0 Å². The van der Waals surface area contributed by atoms with Crippen molar-refractivity contribution in [2.24, 2.45) is 0 Å². The molecule has 1 fully saturated rings. The van der Waals surface area contributed by atoms with Crippen LogP contribution in [0.25, 0.3) is 0 Å². The summed E-state index contributed by atoms with van der Waals surface area (Å²) in [5.74, 6) is -0.622. The van der Waals surface area contributed by atoms with E-state index in [4.69, 9.17) is 21.4 Å². The van der Waals surface area contributed by atoms with Crippen LogP contribution in [0.5, 0.6) is 0 Å². The Labute approximate surface area is 109 Å². The van der Waals surface area contributed by atoms with E-state index in [1.165, 1.54) is 0 Å². The second kappa shape index (κ2) is 5.10. The van der Waals surface area contributed by atoms with Crippen molar-refractivity contribution in [2.75, 3.05) is 13.2 Å². The van der Waals surface area contributed by atoms with Gasteiger partial charge in [0.1, 0.15) is 10.7 Å². The molecule has 0 unspecified atom stereocenters. The fourth-order valence-corrected chi connectivity index (χ4v) is 3.26. The second-order valence-corrected chi connectivity index (χ2v) is 5.95. The molecule has 0 amide bonds. The van der Waals surface area contributed by atoms with Gasteiger partial charge in [0.15, 0.2) is 0 Å². The van der Waals surface area contributed by atoms with Gasteiger partial charge in [-0.3, -0.25) is 0 Å². The molecule has 1 aromatic carbocycles. The lowest BCUT2D eigenvalue weighted by Gasteiger charge is -2.14. The molecule has 2 rings (SSSR count). The van der Waals surface area contributed by atoms with E-state index in [0.717, 1.165) is 18.2 Å². The third kappa shape index (κ3) is 2.99. The van der Waals surface area contributed by atoms with Crippen molar-refractivity contribution in [3.63, 3.8) is 0 Å². The van der Waals surface area contributed by atoms with Crippen molar-refractivity contribution in [1.82, 2.24) is 4.72 Å². The maximum Gasteiger partial charge on any atom is 0.242 e. The number of hydrogen-bond acceptors (Lipinski definition) is 4. The van der Waals surface area contributed by atoms with Gasteiger partial charge in [0.05, 0.1) is 30.4 Å². The monoisotopic (exact) mass is 295 g/mol. The Bertz CT molecular complexity index is 547. The van der Waals surface area contributed by atoms with Gasteiger partial charge in [-0.2, -0.15) is 0 Å². The van der Waals surface area contributed by atoms with Crippen molar-refractivity contribution in [2.45, 2.75) is 17.0 Å². The summed E-state index contributed by atoms with van der Waals surface area (Å²) in [7, 11) is -3.91. The molecule has 1 aromatic rings. The Kier molecular flexibility index (Phi) is 3.88.